The molecule has 1 aromatic carbocycles. The van der Waals surface area contributed by atoms with Crippen LogP contribution in [0.5, 0.6) is 5.75 Å². The molecule has 2 aliphatic rings. The van der Waals surface area contributed by atoms with Crippen molar-refractivity contribution in [1.29, 1.82) is 0 Å². The normalized spacial score (nSPS) is 31.8. The van der Waals surface area contributed by atoms with Crippen LogP contribution in [0.4, 0.5) is 8.78 Å². The van der Waals surface area contributed by atoms with Gasteiger partial charge in [-0.25, -0.2) is 4.39 Å². The Kier molecular flexibility index (Phi) is 5.20. The molecule has 0 amide bonds. The van der Waals surface area contributed by atoms with Crippen molar-refractivity contribution in [3.63, 3.8) is 0 Å². The zero-order valence-electron chi connectivity index (χ0n) is 14.0. The molecule has 4 heteroatoms. The predicted molar refractivity (Wildman–Crippen MR) is 85.7 cm³/mol. The quantitative estimate of drug-likeness (QED) is 0.773. The van der Waals surface area contributed by atoms with Crippen molar-refractivity contribution >= 4 is 0 Å². The summed E-state index contributed by atoms with van der Waals surface area (Å²) in [6, 6.07) is 3.14. The van der Waals surface area contributed by atoms with E-state index in [4.69, 9.17) is 9.47 Å². The number of methoxy groups -OCH3 is 1. The number of rotatable bonds is 3. The highest BCUT2D eigenvalue weighted by Crippen LogP contribution is 2.39. The molecule has 2 unspecified atom stereocenters. The maximum Gasteiger partial charge on any atom is 0.200 e. The molecule has 0 aromatic heterocycles. The Balaban J connectivity index is 1.62. The Bertz CT molecular complexity index is 530. The van der Waals surface area contributed by atoms with Gasteiger partial charge in [0.2, 0.25) is 5.82 Å². The van der Waals surface area contributed by atoms with E-state index in [1.807, 2.05) is 0 Å². The zero-order chi connectivity index (χ0) is 16.4. The molecule has 1 heterocycles. The summed E-state index contributed by atoms with van der Waals surface area (Å²) < 4.78 is 39.0. The second-order valence-electron chi connectivity index (χ2n) is 7.15. The molecular formula is C19H26F2O2. The van der Waals surface area contributed by atoms with Crippen molar-refractivity contribution in [3.05, 3.63) is 29.3 Å². The van der Waals surface area contributed by atoms with Crippen LogP contribution in [0.1, 0.15) is 56.9 Å². The number of hydrogen-bond acceptors (Lipinski definition) is 2. The molecule has 0 N–H and O–H groups in total. The molecule has 2 atom stereocenters. The fraction of sp³-hybridized carbons (Fsp3) is 0.684. The van der Waals surface area contributed by atoms with Crippen LogP contribution >= 0.6 is 0 Å². The molecular weight excluding hydrogens is 298 g/mol. The van der Waals surface area contributed by atoms with E-state index in [0.717, 1.165) is 18.8 Å². The van der Waals surface area contributed by atoms with Gasteiger partial charge in [0.05, 0.1) is 19.8 Å². The minimum Gasteiger partial charge on any atom is -0.494 e. The maximum atomic E-state index is 14.2. The van der Waals surface area contributed by atoms with Crippen molar-refractivity contribution in [2.45, 2.75) is 57.5 Å². The van der Waals surface area contributed by atoms with Crippen LogP contribution in [-0.4, -0.2) is 19.8 Å². The van der Waals surface area contributed by atoms with Crippen LogP contribution in [0, 0.1) is 23.5 Å². The molecule has 1 aromatic rings. The number of halogens is 2. The third-order valence-electron chi connectivity index (χ3n) is 5.63. The van der Waals surface area contributed by atoms with Crippen LogP contribution in [0.3, 0.4) is 0 Å². The standard InChI is InChI=1S/C19H26F2O2/c1-12-3-5-13(6-4-12)16-9-7-14(11-23-16)15-8-10-17(22-2)19(21)18(15)20/h8,10,12-14,16H,3-7,9,11H2,1-2H3. The topological polar surface area (TPSA) is 18.5 Å². The van der Waals surface area contributed by atoms with Gasteiger partial charge in [-0.15, -0.1) is 0 Å². The molecule has 0 spiro atoms. The Morgan fingerprint density at radius 3 is 2.35 bits per heavy atom. The van der Waals surface area contributed by atoms with Crippen molar-refractivity contribution in [2.75, 3.05) is 13.7 Å². The Morgan fingerprint density at radius 2 is 1.74 bits per heavy atom. The summed E-state index contributed by atoms with van der Waals surface area (Å²) in [6.45, 7) is 2.80. The molecule has 2 nitrogen and oxygen atoms in total. The average Bonchev–Trinajstić information content (AvgIpc) is 2.58. The van der Waals surface area contributed by atoms with Crippen LogP contribution in [0.2, 0.25) is 0 Å². The highest BCUT2D eigenvalue weighted by Gasteiger charge is 2.32. The van der Waals surface area contributed by atoms with Gasteiger partial charge in [0, 0.05) is 5.92 Å². The first kappa shape index (κ1) is 16.7. The largest absolute Gasteiger partial charge is 0.494 e. The van der Waals surface area contributed by atoms with Gasteiger partial charge in [0.1, 0.15) is 0 Å². The van der Waals surface area contributed by atoms with E-state index in [9.17, 15) is 8.78 Å². The molecule has 0 radical (unpaired) electrons. The molecule has 1 aliphatic heterocycles. The van der Waals surface area contributed by atoms with E-state index < -0.39 is 11.6 Å². The fourth-order valence-corrected chi connectivity index (χ4v) is 4.07. The third kappa shape index (κ3) is 3.52. The fourth-order valence-electron chi connectivity index (χ4n) is 4.07. The third-order valence-corrected chi connectivity index (χ3v) is 5.63. The van der Waals surface area contributed by atoms with E-state index >= 15 is 0 Å². The molecule has 2 fully saturated rings. The highest BCUT2D eigenvalue weighted by molar-refractivity contribution is 5.33. The molecule has 1 saturated carbocycles. The molecule has 128 valence electrons. The molecule has 0 bridgehead atoms. The lowest BCUT2D eigenvalue weighted by Gasteiger charge is -2.37. The highest BCUT2D eigenvalue weighted by atomic mass is 19.2. The van der Waals surface area contributed by atoms with Gasteiger partial charge in [0.15, 0.2) is 11.6 Å². The summed E-state index contributed by atoms with van der Waals surface area (Å²) in [4.78, 5) is 0. The van der Waals surface area contributed by atoms with Crippen molar-refractivity contribution in [1.82, 2.24) is 0 Å². The summed E-state index contributed by atoms with van der Waals surface area (Å²) in [5, 5.41) is 0. The van der Waals surface area contributed by atoms with Gasteiger partial charge >= 0.3 is 0 Å². The van der Waals surface area contributed by atoms with Crippen LogP contribution in [0.15, 0.2) is 12.1 Å². The lowest BCUT2D eigenvalue weighted by molar-refractivity contribution is -0.0432. The zero-order valence-corrected chi connectivity index (χ0v) is 14.0. The minimum atomic E-state index is -0.895. The van der Waals surface area contributed by atoms with Crippen LogP contribution in [-0.2, 0) is 4.74 Å². The first-order valence-electron chi connectivity index (χ1n) is 8.73. The first-order chi connectivity index (χ1) is 11.1. The molecule has 1 aliphatic carbocycles. The number of hydrogen-bond donors (Lipinski definition) is 0. The first-order valence-corrected chi connectivity index (χ1v) is 8.73. The number of ether oxygens (including phenoxy) is 2. The average molecular weight is 324 g/mol. The van der Waals surface area contributed by atoms with E-state index in [1.165, 1.54) is 38.9 Å². The van der Waals surface area contributed by atoms with Crippen molar-refractivity contribution < 1.29 is 18.3 Å². The minimum absolute atomic E-state index is 0.0443. The van der Waals surface area contributed by atoms with Gasteiger partial charge in [-0.3, -0.25) is 0 Å². The second kappa shape index (κ2) is 7.16. The van der Waals surface area contributed by atoms with Gasteiger partial charge in [0.25, 0.3) is 0 Å². The SMILES string of the molecule is COc1ccc(C2CCC(C3CCC(C)CC3)OC2)c(F)c1F. The Labute approximate surface area is 137 Å². The molecule has 3 rings (SSSR count). The van der Waals surface area contributed by atoms with Crippen LogP contribution < -0.4 is 4.74 Å². The lowest BCUT2D eigenvalue weighted by Crippen LogP contribution is -2.33. The van der Waals surface area contributed by atoms with E-state index in [0.29, 0.717) is 24.2 Å². The maximum absolute atomic E-state index is 14.2. The molecule has 1 saturated heterocycles. The summed E-state index contributed by atoms with van der Waals surface area (Å²) >= 11 is 0. The summed E-state index contributed by atoms with van der Waals surface area (Å²) in [7, 11) is 1.34. The van der Waals surface area contributed by atoms with Gasteiger partial charge in [-0.05, 0) is 49.1 Å². The van der Waals surface area contributed by atoms with Gasteiger partial charge in [-0.2, -0.15) is 4.39 Å². The summed E-state index contributed by atoms with van der Waals surface area (Å²) in [6.07, 6.45) is 7.14. The predicted octanol–water partition coefficient (Wildman–Crippen LogP) is 5.06. The lowest BCUT2D eigenvalue weighted by atomic mass is 9.77. The van der Waals surface area contributed by atoms with Gasteiger partial charge in [-0.1, -0.05) is 25.8 Å². The van der Waals surface area contributed by atoms with E-state index in [2.05, 4.69) is 6.92 Å². The van der Waals surface area contributed by atoms with Gasteiger partial charge < -0.3 is 9.47 Å². The summed E-state index contributed by atoms with van der Waals surface area (Å²) in [5.74, 6) is -0.314. The Hall–Kier alpha value is -1.16. The Morgan fingerprint density at radius 1 is 1.00 bits per heavy atom. The number of benzene rings is 1. The summed E-state index contributed by atoms with van der Waals surface area (Å²) in [5.41, 5.74) is 0.416. The van der Waals surface area contributed by atoms with E-state index in [1.54, 1.807) is 6.07 Å². The second-order valence-corrected chi connectivity index (χ2v) is 7.15. The van der Waals surface area contributed by atoms with E-state index in [-0.39, 0.29) is 11.7 Å². The molecule has 23 heavy (non-hydrogen) atoms. The monoisotopic (exact) mass is 324 g/mol. The van der Waals surface area contributed by atoms with Crippen molar-refractivity contribution in [3.8, 4) is 5.75 Å². The smallest absolute Gasteiger partial charge is 0.200 e. The van der Waals surface area contributed by atoms with Crippen LogP contribution in [0.25, 0.3) is 0 Å². The van der Waals surface area contributed by atoms with Crippen molar-refractivity contribution in [2.24, 2.45) is 11.8 Å².